The number of hydrogen-bond donors (Lipinski definition) is 0. The predicted molar refractivity (Wildman–Crippen MR) is 94.7 cm³/mol. The van der Waals surface area contributed by atoms with Crippen LogP contribution in [0, 0.1) is 5.92 Å². The first kappa shape index (κ1) is 14.2. The predicted octanol–water partition coefficient (Wildman–Crippen LogP) is 3.40. The molecule has 2 aromatic rings. The lowest BCUT2D eigenvalue weighted by Crippen LogP contribution is -2.57. The third kappa shape index (κ3) is 2.11. The molecule has 6 rings (SSSR count). The van der Waals surface area contributed by atoms with Crippen LogP contribution >= 0.6 is 0 Å². The van der Waals surface area contributed by atoms with Crippen molar-refractivity contribution in [3.63, 3.8) is 0 Å². The lowest BCUT2D eigenvalue weighted by Gasteiger charge is -2.48. The molecular weight excluding hydrogens is 296 g/mol. The number of fused-ring (bicyclic) bond motifs is 4. The van der Waals surface area contributed by atoms with Crippen molar-refractivity contribution in [2.24, 2.45) is 5.92 Å². The van der Waals surface area contributed by atoms with Crippen molar-refractivity contribution < 1.29 is 4.79 Å². The molecule has 3 fully saturated rings. The summed E-state index contributed by atoms with van der Waals surface area (Å²) in [4.78, 5) is 17.7. The van der Waals surface area contributed by atoms with Gasteiger partial charge in [-0.25, -0.2) is 0 Å². The second-order valence-corrected chi connectivity index (χ2v) is 7.34. The van der Waals surface area contributed by atoms with Crippen LogP contribution in [0.25, 0.3) is 11.1 Å². The van der Waals surface area contributed by atoms with E-state index in [1.54, 1.807) is 0 Å². The van der Waals surface area contributed by atoms with E-state index >= 15 is 0 Å². The molecule has 1 unspecified atom stereocenters. The first-order chi connectivity index (χ1) is 11.8. The highest BCUT2D eigenvalue weighted by Gasteiger charge is 2.42. The zero-order valence-electron chi connectivity index (χ0n) is 13.8. The van der Waals surface area contributed by atoms with Gasteiger partial charge in [-0.2, -0.15) is 0 Å². The van der Waals surface area contributed by atoms with Gasteiger partial charge in [-0.05, 0) is 54.6 Å². The van der Waals surface area contributed by atoms with Crippen molar-refractivity contribution in [1.29, 1.82) is 0 Å². The lowest BCUT2D eigenvalue weighted by atomic mass is 9.83. The van der Waals surface area contributed by atoms with E-state index < -0.39 is 0 Å². The molecule has 4 aliphatic rings. The van der Waals surface area contributed by atoms with Gasteiger partial charge in [-0.3, -0.25) is 4.79 Å². The molecule has 2 aromatic carbocycles. The second-order valence-electron chi connectivity index (χ2n) is 7.34. The van der Waals surface area contributed by atoms with Crippen molar-refractivity contribution in [2.45, 2.75) is 25.4 Å². The maximum absolute atomic E-state index is 13.1. The summed E-state index contributed by atoms with van der Waals surface area (Å²) < 4.78 is 0. The number of benzene rings is 2. The van der Waals surface area contributed by atoms with Crippen LogP contribution in [0.1, 0.15) is 28.8 Å². The van der Waals surface area contributed by atoms with Crippen molar-refractivity contribution in [1.82, 2.24) is 9.80 Å². The van der Waals surface area contributed by atoms with Gasteiger partial charge in [0.25, 0.3) is 5.91 Å². The summed E-state index contributed by atoms with van der Waals surface area (Å²) in [5.74, 6) is 0.926. The topological polar surface area (TPSA) is 23.6 Å². The average Bonchev–Trinajstić information content (AvgIpc) is 3.00. The average molecular weight is 318 g/mol. The highest BCUT2D eigenvalue weighted by atomic mass is 16.2. The van der Waals surface area contributed by atoms with E-state index in [2.05, 4.69) is 40.1 Å². The molecule has 0 saturated carbocycles. The van der Waals surface area contributed by atoms with Crippen LogP contribution in [-0.4, -0.2) is 41.4 Å². The Hall–Kier alpha value is -2.13. The molecule has 1 atom stereocenters. The van der Waals surface area contributed by atoms with Crippen LogP contribution in [0.2, 0.25) is 0 Å². The number of rotatable bonds is 2. The Morgan fingerprint density at radius 3 is 2.33 bits per heavy atom. The summed E-state index contributed by atoms with van der Waals surface area (Å²) in [6, 6.07) is 17.0. The van der Waals surface area contributed by atoms with E-state index in [1.807, 2.05) is 18.2 Å². The Kier molecular flexibility index (Phi) is 3.23. The van der Waals surface area contributed by atoms with Gasteiger partial charge in [-0.15, -0.1) is 0 Å². The Morgan fingerprint density at radius 1 is 0.875 bits per heavy atom. The molecule has 0 radical (unpaired) electrons. The van der Waals surface area contributed by atoms with Crippen LogP contribution in [0.5, 0.6) is 0 Å². The van der Waals surface area contributed by atoms with Gasteiger partial charge >= 0.3 is 0 Å². The highest BCUT2D eigenvalue weighted by Crippen LogP contribution is 2.38. The molecule has 3 nitrogen and oxygen atoms in total. The normalized spacial score (nSPS) is 28.2. The molecule has 3 heteroatoms. The standard InChI is InChI=1S/C21H22N2O/c24-21-18-8-4-7-17(15-5-2-1-3-6-15)19(18)13-23(21)20-14-22-11-9-16(20)10-12-22/h1-8,16,20H,9-14H2. The van der Waals surface area contributed by atoms with Gasteiger partial charge < -0.3 is 9.80 Å². The number of hydrogen-bond acceptors (Lipinski definition) is 2. The minimum Gasteiger partial charge on any atom is -0.330 e. The van der Waals surface area contributed by atoms with Gasteiger partial charge in [-0.1, -0.05) is 42.5 Å². The zero-order chi connectivity index (χ0) is 16.1. The second kappa shape index (κ2) is 5.45. The molecule has 24 heavy (non-hydrogen) atoms. The Labute approximate surface area is 142 Å². The molecule has 3 saturated heterocycles. The van der Waals surface area contributed by atoms with Gasteiger partial charge in [0.1, 0.15) is 0 Å². The number of piperidine rings is 3. The molecule has 4 aliphatic heterocycles. The SMILES string of the molecule is O=C1c2cccc(-c3ccccc3)c2CN1C1CN2CCC1CC2. The minimum absolute atomic E-state index is 0.238. The molecule has 1 amide bonds. The third-order valence-corrected chi connectivity index (χ3v) is 6.10. The quantitative estimate of drug-likeness (QED) is 0.847. The summed E-state index contributed by atoms with van der Waals surface area (Å²) >= 11 is 0. The molecule has 2 bridgehead atoms. The van der Waals surface area contributed by atoms with Gasteiger partial charge in [0.15, 0.2) is 0 Å². The monoisotopic (exact) mass is 318 g/mol. The fraction of sp³-hybridized carbons (Fsp3) is 0.381. The van der Waals surface area contributed by atoms with E-state index in [0.717, 1.165) is 18.7 Å². The highest BCUT2D eigenvalue weighted by molar-refractivity contribution is 6.00. The van der Waals surface area contributed by atoms with Crippen LogP contribution in [0.3, 0.4) is 0 Å². The Balaban J connectivity index is 1.51. The van der Waals surface area contributed by atoms with Crippen molar-refractivity contribution in [3.8, 4) is 11.1 Å². The van der Waals surface area contributed by atoms with E-state index in [4.69, 9.17) is 0 Å². The molecule has 122 valence electrons. The molecule has 0 aromatic heterocycles. The van der Waals surface area contributed by atoms with E-state index in [-0.39, 0.29) is 5.91 Å². The van der Waals surface area contributed by atoms with Crippen LogP contribution in [0.4, 0.5) is 0 Å². The largest absolute Gasteiger partial charge is 0.330 e. The number of nitrogens with zero attached hydrogens (tertiary/aromatic N) is 2. The van der Waals surface area contributed by atoms with E-state index in [9.17, 15) is 4.79 Å². The van der Waals surface area contributed by atoms with E-state index in [0.29, 0.717) is 12.0 Å². The van der Waals surface area contributed by atoms with Crippen LogP contribution < -0.4 is 0 Å². The van der Waals surface area contributed by atoms with Crippen LogP contribution in [0.15, 0.2) is 48.5 Å². The van der Waals surface area contributed by atoms with Crippen LogP contribution in [-0.2, 0) is 6.54 Å². The van der Waals surface area contributed by atoms with E-state index in [1.165, 1.54) is 42.6 Å². The van der Waals surface area contributed by atoms with Crippen molar-refractivity contribution in [2.75, 3.05) is 19.6 Å². The molecule has 0 N–H and O–H groups in total. The maximum Gasteiger partial charge on any atom is 0.254 e. The Morgan fingerprint density at radius 2 is 1.62 bits per heavy atom. The first-order valence-electron chi connectivity index (χ1n) is 9.02. The molecule has 0 aliphatic carbocycles. The molecule has 4 heterocycles. The maximum atomic E-state index is 13.1. The van der Waals surface area contributed by atoms with Gasteiger partial charge in [0.05, 0.1) is 0 Å². The van der Waals surface area contributed by atoms with Gasteiger partial charge in [0, 0.05) is 24.7 Å². The summed E-state index contributed by atoms with van der Waals surface area (Å²) in [6.45, 7) is 4.26. The summed E-state index contributed by atoms with van der Waals surface area (Å²) in [6.07, 6.45) is 2.49. The molecular formula is C21H22N2O. The van der Waals surface area contributed by atoms with Crippen molar-refractivity contribution >= 4 is 5.91 Å². The summed E-state index contributed by atoms with van der Waals surface area (Å²) in [5, 5.41) is 0. The fourth-order valence-corrected chi connectivity index (χ4v) is 4.80. The number of amides is 1. The van der Waals surface area contributed by atoms with Crippen molar-refractivity contribution in [3.05, 3.63) is 59.7 Å². The smallest absolute Gasteiger partial charge is 0.254 e. The fourth-order valence-electron chi connectivity index (χ4n) is 4.80. The minimum atomic E-state index is 0.238. The molecule has 0 spiro atoms. The third-order valence-electron chi connectivity index (χ3n) is 6.10. The zero-order valence-corrected chi connectivity index (χ0v) is 13.8. The number of carbonyl (C=O) groups excluding carboxylic acids is 1. The summed E-state index contributed by atoms with van der Waals surface area (Å²) in [5.41, 5.74) is 4.54. The Bertz CT molecular complexity index is 778. The number of carbonyl (C=O) groups is 1. The van der Waals surface area contributed by atoms with Gasteiger partial charge in [0.2, 0.25) is 0 Å². The lowest BCUT2D eigenvalue weighted by molar-refractivity contribution is 0.00849. The summed E-state index contributed by atoms with van der Waals surface area (Å²) in [7, 11) is 0. The first-order valence-corrected chi connectivity index (χ1v) is 9.02.